The Balaban J connectivity index is 1.51. The number of fused-ring (bicyclic) bond motifs is 1. The molecule has 8 nitrogen and oxygen atoms in total. The first kappa shape index (κ1) is 23.2. The zero-order valence-corrected chi connectivity index (χ0v) is 19.6. The maximum absolute atomic E-state index is 13.0. The summed E-state index contributed by atoms with van der Waals surface area (Å²) in [5, 5.41) is 13.6. The van der Waals surface area contributed by atoms with Crippen LogP contribution in [0.4, 0.5) is 11.4 Å². The summed E-state index contributed by atoms with van der Waals surface area (Å²) in [6.45, 7) is 3.81. The van der Waals surface area contributed by atoms with Gasteiger partial charge in [-0.05, 0) is 50.1 Å². The first-order valence-corrected chi connectivity index (χ1v) is 11.3. The number of anilines is 2. The molecule has 0 spiro atoms. The maximum Gasteiger partial charge on any atom is 0.227 e. The average molecular weight is 461 g/mol. The molecular formula is C26H28N4O4. The van der Waals surface area contributed by atoms with E-state index in [0.29, 0.717) is 55.3 Å². The van der Waals surface area contributed by atoms with Crippen LogP contribution in [0, 0.1) is 17.2 Å². The Morgan fingerprint density at radius 2 is 1.91 bits per heavy atom. The zero-order chi connectivity index (χ0) is 24.1. The number of carbonyl (C=O) groups excluding carboxylic acids is 1. The van der Waals surface area contributed by atoms with E-state index in [4.69, 9.17) is 14.2 Å². The average Bonchev–Trinajstić information content (AvgIpc) is 2.88. The molecule has 1 amide bonds. The van der Waals surface area contributed by atoms with Crippen molar-refractivity contribution in [3.8, 4) is 23.3 Å². The standard InChI is InChI=1S/C26H28N4O4/c1-4-34-20-6-7-22-21(13-20)25(18(15-27)16-28-22)30-11-9-17(10-12-30)26(31)29-23-8-5-19(32-2)14-24(23)33-3/h5-8,13-14,16-17H,4,9-12H2,1-3H3,(H,29,31). The quantitative estimate of drug-likeness (QED) is 0.559. The molecule has 1 aliphatic rings. The van der Waals surface area contributed by atoms with Gasteiger partial charge in [0, 0.05) is 36.7 Å². The van der Waals surface area contributed by atoms with Crippen LogP contribution in [-0.2, 0) is 4.79 Å². The number of hydrogen-bond acceptors (Lipinski definition) is 7. The SMILES string of the molecule is CCOc1ccc2ncc(C#N)c(N3CCC(C(=O)Nc4ccc(OC)cc4OC)CC3)c2c1. The van der Waals surface area contributed by atoms with Crippen LogP contribution in [0.2, 0.25) is 0 Å². The Labute approximate surface area is 199 Å². The van der Waals surface area contributed by atoms with E-state index in [1.54, 1.807) is 38.6 Å². The molecule has 176 valence electrons. The number of hydrogen-bond donors (Lipinski definition) is 1. The van der Waals surface area contributed by atoms with Gasteiger partial charge in [0.25, 0.3) is 0 Å². The number of pyridine rings is 1. The minimum Gasteiger partial charge on any atom is -0.497 e. The second-order valence-electron chi connectivity index (χ2n) is 8.06. The van der Waals surface area contributed by atoms with Crippen LogP contribution in [0.1, 0.15) is 25.3 Å². The van der Waals surface area contributed by atoms with Crippen molar-refractivity contribution >= 4 is 28.2 Å². The molecule has 8 heteroatoms. The van der Waals surface area contributed by atoms with Gasteiger partial charge in [0.2, 0.25) is 5.91 Å². The Morgan fingerprint density at radius 3 is 2.59 bits per heavy atom. The summed E-state index contributed by atoms with van der Waals surface area (Å²) >= 11 is 0. The van der Waals surface area contributed by atoms with Gasteiger partial charge in [0.15, 0.2) is 0 Å². The molecule has 0 saturated carbocycles. The van der Waals surface area contributed by atoms with Crippen molar-refractivity contribution in [1.82, 2.24) is 4.98 Å². The minimum absolute atomic E-state index is 0.0400. The number of aromatic nitrogens is 1. The number of ether oxygens (including phenoxy) is 3. The van der Waals surface area contributed by atoms with Crippen molar-refractivity contribution in [3.63, 3.8) is 0 Å². The lowest BCUT2D eigenvalue weighted by Gasteiger charge is -2.34. The zero-order valence-electron chi connectivity index (χ0n) is 19.6. The van der Waals surface area contributed by atoms with Crippen LogP contribution in [-0.4, -0.2) is 44.8 Å². The third kappa shape index (κ3) is 4.69. The fourth-order valence-electron chi connectivity index (χ4n) is 4.34. The molecule has 0 radical (unpaired) electrons. The van der Waals surface area contributed by atoms with Crippen LogP contribution in [0.3, 0.4) is 0 Å². The molecule has 2 aromatic carbocycles. The van der Waals surface area contributed by atoms with E-state index in [-0.39, 0.29) is 11.8 Å². The summed E-state index contributed by atoms with van der Waals surface area (Å²) in [4.78, 5) is 19.6. The number of nitriles is 1. The van der Waals surface area contributed by atoms with Crippen LogP contribution in [0.5, 0.6) is 17.2 Å². The summed E-state index contributed by atoms with van der Waals surface area (Å²) < 4.78 is 16.3. The van der Waals surface area contributed by atoms with Crippen molar-refractivity contribution in [2.45, 2.75) is 19.8 Å². The summed E-state index contributed by atoms with van der Waals surface area (Å²) in [5.74, 6) is 1.78. The second-order valence-corrected chi connectivity index (χ2v) is 8.06. The molecule has 1 N–H and O–H groups in total. The van der Waals surface area contributed by atoms with Gasteiger partial charge in [-0.15, -0.1) is 0 Å². The molecule has 0 bridgehead atoms. The van der Waals surface area contributed by atoms with Gasteiger partial charge in [0.1, 0.15) is 23.3 Å². The minimum atomic E-state index is -0.138. The van der Waals surface area contributed by atoms with Gasteiger partial charge < -0.3 is 24.4 Å². The summed E-state index contributed by atoms with van der Waals surface area (Å²) in [5.41, 5.74) is 2.80. The van der Waals surface area contributed by atoms with Gasteiger partial charge in [0.05, 0.1) is 43.3 Å². The normalized spacial score (nSPS) is 13.9. The highest BCUT2D eigenvalue weighted by molar-refractivity contribution is 5.96. The molecule has 0 aliphatic carbocycles. The van der Waals surface area contributed by atoms with Crippen molar-refractivity contribution < 1.29 is 19.0 Å². The van der Waals surface area contributed by atoms with Crippen LogP contribution in [0.15, 0.2) is 42.6 Å². The molecule has 1 saturated heterocycles. The number of methoxy groups -OCH3 is 2. The van der Waals surface area contributed by atoms with Gasteiger partial charge >= 0.3 is 0 Å². The van der Waals surface area contributed by atoms with Crippen molar-refractivity contribution in [3.05, 3.63) is 48.2 Å². The summed E-state index contributed by atoms with van der Waals surface area (Å²) in [6.07, 6.45) is 2.96. The topological polar surface area (TPSA) is 96.7 Å². The van der Waals surface area contributed by atoms with Crippen LogP contribution in [0.25, 0.3) is 10.9 Å². The van der Waals surface area contributed by atoms with Crippen molar-refractivity contribution in [2.75, 3.05) is 44.1 Å². The van der Waals surface area contributed by atoms with Crippen molar-refractivity contribution in [2.24, 2.45) is 5.92 Å². The number of nitrogens with one attached hydrogen (secondary N) is 1. The Morgan fingerprint density at radius 1 is 1.15 bits per heavy atom. The number of rotatable bonds is 7. The van der Waals surface area contributed by atoms with E-state index in [9.17, 15) is 10.1 Å². The number of carbonyl (C=O) groups is 1. The second kappa shape index (κ2) is 10.3. The lowest BCUT2D eigenvalue weighted by molar-refractivity contribution is -0.120. The highest BCUT2D eigenvalue weighted by Crippen LogP contribution is 2.35. The van der Waals surface area contributed by atoms with E-state index < -0.39 is 0 Å². The molecule has 2 heterocycles. The van der Waals surface area contributed by atoms with E-state index in [1.165, 1.54) is 0 Å². The molecule has 0 atom stereocenters. The highest BCUT2D eigenvalue weighted by Gasteiger charge is 2.28. The first-order valence-electron chi connectivity index (χ1n) is 11.3. The van der Waals surface area contributed by atoms with Crippen molar-refractivity contribution in [1.29, 1.82) is 5.26 Å². The fourth-order valence-corrected chi connectivity index (χ4v) is 4.34. The lowest BCUT2D eigenvalue weighted by Crippen LogP contribution is -2.38. The van der Waals surface area contributed by atoms with Gasteiger partial charge in [-0.25, -0.2) is 0 Å². The smallest absolute Gasteiger partial charge is 0.227 e. The van der Waals surface area contributed by atoms with E-state index >= 15 is 0 Å². The summed E-state index contributed by atoms with van der Waals surface area (Å²) in [7, 11) is 3.15. The maximum atomic E-state index is 13.0. The van der Waals surface area contributed by atoms with Gasteiger partial charge in [-0.3, -0.25) is 9.78 Å². The summed E-state index contributed by atoms with van der Waals surface area (Å²) in [6, 6.07) is 13.3. The molecule has 34 heavy (non-hydrogen) atoms. The van der Waals surface area contributed by atoms with Crippen LogP contribution >= 0.6 is 0 Å². The highest BCUT2D eigenvalue weighted by atomic mass is 16.5. The number of piperidine rings is 1. The predicted octanol–water partition coefficient (Wildman–Crippen LogP) is 4.38. The number of benzene rings is 2. The monoisotopic (exact) mass is 460 g/mol. The lowest BCUT2D eigenvalue weighted by atomic mass is 9.94. The molecule has 1 aliphatic heterocycles. The third-order valence-corrected chi connectivity index (χ3v) is 6.09. The largest absolute Gasteiger partial charge is 0.497 e. The number of nitrogens with zero attached hydrogens (tertiary/aromatic N) is 3. The van der Waals surface area contributed by atoms with Gasteiger partial charge in [-0.1, -0.05) is 0 Å². The van der Waals surface area contributed by atoms with E-state index in [0.717, 1.165) is 22.3 Å². The van der Waals surface area contributed by atoms with E-state index in [1.807, 2.05) is 25.1 Å². The fraction of sp³-hybridized carbons (Fsp3) is 0.346. The Hall–Kier alpha value is -3.99. The van der Waals surface area contributed by atoms with Crippen LogP contribution < -0.4 is 24.4 Å². The first-order chi connectivity index (χ1) is 16.6. The molecule has 4 rings (SSSR count). The van der Waals surface area contributed by atoms with E-state index in [2.05, 4.69) is 21.3 Å². The predicted molar refractivity (Wildman–Crippen MR) is 131 cm³/mol. The molecule has 1 fully saturated rings. The Bertz CT molecular complexity index is 1230. The molecule has 3 aromatic rings. The number of amides is 1. The molecular weight excluding hydrogens is 432 g/mol. The Kier molecular flexibility index (Phi) is 7.02. The molecule has 1 aromatic heterocycles. The third-order valence-electron chi connectivity index (χ3n) is 6.09. The molecule has 0 unspecified atom stereocenters. The van der Waals surface area contributed by atoms with Gasteiger partial charge in [-0.2, -0.15) is 5.26 Å².